The third-order valence-corrected chi connectivity index (χ3v) is 6.65. The van der Waals surface area contributed by atoms with Gasteiger partial charge in [-0.15, -0.1) is 0 Å². The molecule has 2 rings (SSSR count). The minimum absolute atomic E-state index is 0. The second kappa shape index (κ2) is 9.50. The maximum Gasteiger partial charge on any atom is 0.00887 e. The molecule has 2 saturated heterocycles. The van der Waals surface area contributed by atoms with Gasteiger partial charge in [-0.25, -0.2) is 0 Å². The van der Waals surface area contributed by atoms with Crippen molar-refractivity contribution in [3.05, 3.63) is 46.3 Å². The molecule has 10 radical (unpaired) electrons. The van der Waals surface area contributed by atoms with Gasteiger partial charge in [-0.2, -0.15) is 0 Å². The van der Waals surface area contributed by atoms with Gasteiger partial charge in [-0.1, -0.05) is 72.6 Å². The van der Waals surface area contributed by atoms with Gasteiger partial charge < -0.3 is 0 Å². The molecule has 0 spiro atoms. The van der Waals surface area contributed by atoms with Crippen LogP contribution in [0.2, 0.25) is 0 Å². The quantitative estimate of drug-likeness (QED) is 0.370. The van der Waals surface area contributed by atoms with Crippen molar-refractivity contribution < 1.29 is 46.9 Å². The average Bonchev–Trinajstić information content (AvgIpc) is 2.66. The molecule has 0 aromatic carbocycles. The van der Waals surface area contributed by atoms with Crippen molar-refractivity contribution in [1.82, 2.24) is 0 Å². The molecule has 3 heteroatoms. The average molecular weight is 451 g/mol. The van der Waals surface area contributed by atoms with Crippen LogP contribution >= 0.6 is 17.2 Å². The van der Waals surface area contributed by atoms with Gasteiger partial charge in [-0.05, 0) is 23.7 Å². The molecule has 19 heavy (non-hydrogen) atoms. The summed E-state index contributed by atoms with van der Waals surface area (Å²) in [6.07, 6.45) is 0. The number of rotatable bonds is 0. The van der Waals surface area contributed by atoms with Crippen LogP contribution in [0, 0.1) is 93.2 Å². The van der Waals surface area contributed by atoms with E-state index < -0.39 is 0 Å². The van der Waals surface area contributed by atoms with Crippen molar-refractivity contribution in [2.75, 3.05) is 0 Å². The molecule has 2 aliphatic rings. The first-order valence-electron chi connectivity index (χ1n) is 6.39. The Balaban J connectivity index is 0.000000324. The van der Waals surface area contributed by atoms with E-state index in [1.54, 1.807) is 0 Å². The molecule has 2 fully saturated rings. The molecule has 0 N–H and O–H groups in total. The van der Waals surface area contributed by atoms with Gasteiger partial charge in [0, 0.05) is 69.6 Å². The fourth-order valence-electron chi connectivity index (χ4n) is 1.92. The molecule has 0 amide bonds. The Kier molecular flexibility index (Phi) is 10.7. The van der Waals surface area contributed by atoms with E-state index in [0.717, 1.165) is 0 Å². The third kappa shape index (κ3) is 5.82. The van der Waals surface area contributed by atoms with Gasteiger partial charge in [-0.3, -0.25) is 0 Å². The van der Waals surface area contributed by atoms with Crippen molar-refractivity contribution >= 4 is 17.2 Å². The summed E-state index contributed by atoms with van der Waals surface area (Å²) < 4.78 is 0. The molecule has 0 aromatic heterocycles. The fraction of sp³-hybridized carbons (Fsp3) is 0.500. The van der Waals surface area contributed by atoms with E-state index in [4.69, 9.17) is 0 Å². The van der Waals surface area contributed by atoms with E-state index in [0.29, 0.717) is 0 Å². The summed E-state index contributed by atoms with van der Waals surface area (Å²) in [6.45, 7) is 17.6. The fourth-order valence-corrected chi connectivity index (χ4v) is 4.27. The van der Waals surface area contributed by atoms with E-state index in [1.807, 2.05) is 0 Å². The Morgan fingerprint density at radius 3 is 0.632 bits per heavy atom. The molecule has 0 unspecified atom stereocenters. The summed E-state index contributed by atoms with van der Waals surface area (Å²) in [7, 11) is 2.87. The smallest absolute Gasteiger partial charge is 0.00887 e. The Morgan fingerprint density at radius 1 is 0.421 bits per heavy atom. The second-order valence-electron chi connectivity index (χ2n) is 5.07. The molecule has 0 aliphatic carbocycles. The molecular formula is C16H24P2Yb. The normalized spacial score (nSPS) is 26.5. The molecule has 0 saturated carbocycles. The topological polar surface area (TPSA) is 0 Å². The Bertz CT molecular complexity index is 209. The van der Waals surface area contributed by atoms with E-state index in [9.17, 15) is 0 Å². The summed E-state index contributed by atoms with van der Waals surface area (Å²) in [5.41, 5.74) is 6.07. The predicted molar refractivity (Wildman–Crippen MR) is 85.2 cm³/mol. The zero-order valence-electron chi connectivity index (χ0n) is 13.2. The van der Waals surface area contributed by atoms with E-state index in [2.05, 4.69) is 55.4 Å². The van der Waals surface area contributed by atoms with Gasteiger partial charge in [0.2, 0.25) is 0 Å². The summed E-state index contributed by atoms with van der Waals surface area (Å²) >= 11 is 0. The van der Waals surface area contributed by atoms with Crippen molar-refractivity contribution in [1.29, 1.82) is 0 Å². The monoisotopic (exact) mass is 452 g/mol. The molecule has 0 aromatic rings. The zero-order chi connectivity index (χ0) is 14.0. The Hall–Kier alpha value is 2.38. The van der Waals surface area contributed by atoms with Crippen LogP contribution in [0.25, 0.3) is 0 Å². The van der Waals surface area contributed by atoms with Gasteiger partial charge in [0.1, 0.15) is 0 Å². The first-order valence-corrected chi connectivity index (χ1v) is 8.18. The van der Waals surface area contributed by atoms with Gasteiger partial charge in [0.25, 0.3) is 0 Å². The first kappa shape index (κ1) is 21.4. The van der Waals surface area contributed by atoms with Crippen molar-refractivity contribution in [3.63, 3.8) is 0 Å². The van der Waals surface area contributed by atoms with Gasteiger partial charge in [0.15, 0.2) is 0 Å². The predicted octanol–water partition coefficient (Wildman–Crippen LogP) is 6.48. The van der Waals surface area contributed by atoms with E-state index in [-0.39, 0.29) is 46.9 Å². The SMILES string of the molecule is C[C]1[P][C](C)[C](C)[C]1C.C[C]1[P][C](C)[C](C)[C]1C.[Yb]. The van der Waals surface area contributed by atoms with E-state index >= 15 is 0 Å². The maximum absolute atomic E-state index is 2.21. The minimum atomic E-state index is 0. The summed E-state index contributed by atoms with van der Waals surface area (Å²) in [5, 5.41) is 0. The van der Waals surface area contributed by atoms with Crippen LogP contribution in [0.1, 0.15) is 55.4 Å². The van der Waals surface area contributed by atoms with Crippen LogP contribution in [0.5, 0.6) is 0 Å². The van der Waals surface area contributed by atoms with Crippen molar-refractivity contribution in [2.24, 2.45) is 0 Å². The van der Waals surface area contributed by atoms with E-state index in [1.165, 1.54) is 63.5 Å². The van der Waals surface area contributed by atoms with Crippen LogP contribution in [0.3, 0.4) is 0 Å². The summed E-state index contributed by atoms with van der Waals surface area (Å²) in [5.74, 6) is 5.98. The Morgan fingerprint density at radius 2 is 0.579 bits per heavy atom. The number of hydrogen-bond acceptors (Lipinski definition) is 0. The molecular weight excluding hydrogens is 427 g/mol. The molecule has 2 heterocycles. The largest absolute Gasteiger partial charge is 0.0646 e. The Labute approximate surface area is 164 Å². The van der Waals surface area contributed by atoms with Crippen LogP contribution in [-0.2, 0) is 0 Å². The van der Waals surface area contributed by atoms with Gasteiger partial charge >= 0.3 is 0 Å². The second-order valence-corrected chi connectivity index (χ2v) is 8.20. The molecule has 0 bridgehead atoms. The molecule has 0 nitrogen and oxygen atoms in total. The van der Waals surface area contributed by atoms with Crippen LogP contribution in [-0.4, -0.2) is 0 Å². The van der Waals surface area contributed by atoms with Crippen LogP contribution < -0.4 is 0 Å². The van der Waals surface area contributed by atoms with Crippen LogP contribution in [0.4, 0.5) is 0 Å². The van der Waals surface area contributed by atoms with Crippen molar-refractivity contribution in [3.8, 4) is 0 Å². The minimum Gasteiger partial charge on any atom is -0.0646 e. The molecule has 2 aliphatic heterocycles. The summed E-state index contributed by atoms with van der Waals surface area (Å²) in [6, 6.07) is 0. The maximum atomic E-state index is 2.21. The van der Waals surface area contributed by atoms with Crippen LogP contribution in [0.15, 0.2) is 0 Å². The van der Waals surface area contributed by atoms with Crippen molar-refractivity contribution in [2.45, 2.75) is 55.4 Å². The first-order chi connectivity index (χ1) is 8.25. The molecule has 0 atom stereocenters. The number of hydrogen-bond donors (Lipinski definition) is 0. The standard InChI is InChI=1S/2C8H12P.Yb/c2*1-5-6(2)8(4)9-7(5)3;/h2*1-4H3;. The summed E-state index contributed by atoms with van der Waals surface area (Å²) in [4.78, 5) is 0. The molecule has 112 valence electrons. The van der Waals surface area contributed by atoms with Gasteiger partial charge in [0.05, 0.1) is 0 Å². The third-order valence-electron chi connectivity index (χ3n) is 3.97. The zero-order valence-corrected chi connectivity index (χ0v) is 16.7.